The number of nitrogens with two attached hydrogens (primary N) is 1. The third-order valence-corrected chi connectivity index (χ3v) is 4.04. The number of hydrogen-bond donors (Lipinski definition) is 2. The van der Waals surface area contributed by atoms with Crippen LogP contribution in [0.25, 0.3) is 0 Å². The zero-order valence-corrected chi connectivity index (χ0v) is 11.6. The fraction of sp³-hybridized carbons (Fsp3) is 0.533. The van der Waals surface area contributed by atoms with Crippen molar-refractivity contribution in [2.75, 3.05) is 11.9 Å². The highest BCUT2D eigenvalue weighted by molar-refractivity contribution is 5.93. The molecule has 3 N–H and O–H groups in total. The Morgan fingerprint density at radius 3 is 2.57 bits per heavy atom. The van der Waals surface area contributed by atoms with E-state index < -0.39 is 11.7 Å². The van der Waals surface area contributed by atoms with Crippen LogP contribution in [0.2, 0.25) is 0 Å². The van der Waals surface area contributed by atoms with E-state index in [1.54, 1.807) is 0 Å². The molecule has 0 heterocycles. The summed E-state index contributed by atoms with van der Waals surface area (Å²) in [5.41, 5.74) is 4.66. The predicted molar refractivity (Wildman–Crippen MR) is 74.6 cm³/mol. The Morgan fingerprint density at radius 2 is 1.90 bits per heavy atom. The van der Waals surface area contributed by atoms with E-state index in [0.717, 1.165) is 25.3 Å². The molecule has 3 nitrogen and oxygen atoms in total. The highest BCUT2D eigenvalue weighted by Gasteiger charge is 2.35. The van der Waals surface area contributed by atoms with Gasteiger partial charge in [-0.15, -0.1) is 0 Å². The van der Waals surface area contributed by atoms with E-state index >= 15 is 0 Å². The number of rotatable bonds is 3. The summed E-state index contributed by atoms with van der Waals surface area (Å²) in [7, 11) is 0. The lowest BCUT2D eigenvalue weighted by Gasteiger charge is -2.29. The first-order valence-electron chi connectivity index (χ1n) is 7.10. The second kappa shape index (κ2) is 6.47. The van der Waals surface area contributed by atoms with Crippen LogP contribution in [-0.4, -0.2) is 12.5 Å². The van der Waals surface area contributed by atoms with Crippen molar-refractivity contribution in [3.8, 4) is 0 Å². The van der Waals surface area contributed by atoms with E-state index in [4.69, 9.17) is 5.73 Å². The minimum atomic E-state index is -4.48. The number of para-hydroxylation sites is 1. The molecule has 2 unspecified atom stereocenters. The van der Waals surface area contributed by atoms with Crippen molar-refractivity contribution in [1.82, 2.24) is 0 Å². The number of benzene rings is 1. The Hall–Kier alpha value is -1.56. The maximum atomic E-state index is 12.9. The van der Waals surface area contributed by atoms with Crippen LogP contribution in [0.1, 0.15) is 31.2 Å². The molecule has 0 aliphatic heterocycles. The normalized spacial score (nSPS) is 22.9. The molecule has 1 amide bonds. The smallest absolute Gasteiger partial charge is 0.330 e. The fourth-order valence-electron chi connectivity index (χ4n) is 2.90. The van der Waals surface area contributed by atoms with E-state index in [1.807, 2.05) is 0 Å². The lowest BCUT2D eigenvalue weighted by Crippen LogP contribution is -2.36. The van der Waals surface area contributed by atoms with Gasteiger partial charge in [0.05, 0.1) is 11.3 Å². The number of halogens is 3. The quantitative estimate of drug-likeness (QED) is 0.899. The molecule has 1 saturated carbocycles. The maximum absolute atomic E-state index is 12.9. The monoisotopic (exact) mass is 300 g/mol. The van der Waals surface area contributed by atoms with Crippen LogP contribution in [0.3, 0.4) is 0 Å². The molecule has 21 heavy (non-hydrogen) atoms. The van der Waals surface area contributed by atoms with Crippen molar-refractivity contribution in [2.24, 2.45) is 17.6 Å². The van der Waals surface area contributed by atoms with Crippen molar-refractivity contribution in [3.05, 3.63) is 29.8 Å². The van der Waals surface area contributed by atoms with Gasteiger partial charge >= 0.3 is 6.18 Å². The van der Waals surface area contributed by atoms with Gasteiger partial charge in [-0.05, 0) is 37.4 Å². The average molecular weight is 300 g/mol. The van der Waals surface area contributed by atoms with Crippen LogP contribution in [0.4, 0.5) is 18.9 Å². The first kappa shape index (κ1) is 15.8. The topological polar surface area (TPSA) is 55.1 Å². The Morgan fingerprint density at radius 1 is 1.24 bits per heavy atom. The predicted octanol–water partition coefficient (Wildman–Crippen LogP) is 3.41. The van der Waals surface area contributed by atoms with Crippen LogP contribution >= 0.6 is 0 Å². The number of alkyl halides is 3. The van der Waals surface area contributed by atoms with Gasteiger partial charge in [0, 0.05) is 5.92 Å². The highest BCUT2D eigenvalue weighted by atomic mass is 19.4. The van der Waals surface area contributed by atoms with Gasteiger partial charge in [-0.1, -0.05) is 25.0 Å². The SMILES string of the molecule is NCC1CCCCC1C(=O)Nc1ccccc1C(F)(F)F. The largest absolute Gasteiger partial charge is 0.418 e. The molecule has 1 aromatic rings. The fourth-order valence-corrected chi connectivity index (χ4v) is 2.90. The maximum Gasteiger partial charge on any atom is 0.418 e. The molecule has 1 fully saturated rings. The number of carbonyl (C=O) groups excluding carboxylic acids is 1. The zero-order valence-electron chi connectivity index (χ0n) is 11.6. The molecule has 1 aliphatic carbocycles. The van der Waals surface area contributed by atoms with E-state index in [2.05, 4.69) is 5.32 Å². The molecule has 0 radical (unpaired) electrons. The zero-order chi connectivity index (χ0) is 15.5. The first-order valence-corrected chi connectivity index (χ1v) is 7.10. The van der Waals surface area contributed by atoms with Gasteiger partial charge in [0.15, 0.2) is 0 Å². The van der Waals surface area contributed by atoms with E-state index in [9.17, 15) is 18.0 Å². The average Bonchev–Trinajstić information content (AvgIpc) is 2.46. The Bertz CT molecular complexity index is 502. The summed E-state index contributed by atoms with van der Waals surface area (Å²) in [5, 5.41) is 2.44. The summed E-state index contributed by atoms with van der Waals surface area (Å²) in [5.74, 6) is -0.608. The minimum Gasteiger partial charge on any atom is -0.330 e. The molecule has 2 rings (SSSR count). The molecule has 0 aromatic heterocycles. The molecular weight excluding hydrogens is 281 g/mol. The Labute approximate surface area is 121 Å². The standard InChI is InChI=1S/C15H19F3N2O/c16-15(17,18)12-7-3-4-8-13(12)20-14(21)11-6-2-1-5-10(11)9-19/h3-4,7-8,10-11H,1-2,5-6,9,19H2,(H,20,21). The summed E-state index contributed by atoms with van der Waals surface area (Å²) in [6.45, 7) is 0.388. The van der Waals surface area contributed by atoms with E-state index in [-0.39, 0.29) is 23.4 Å². The summed E-state index contributed by atoms with van der Waals surface area (Å²) in [6, 6.07) is 5.03. The van der Waals surface area contributed by atoms with E-state index in [1.165, 1.54) is 18.2 Å². The van der Waals surface area contributed by atoms with Crippen molar-refractivity contribution in [2.45, 2.75) is 31.9 Å². The van der Waals surface area contributed by atoms with Crippen molar-refractivity contribution in [3.63, 3.8) is 0 Å². The summed E-state index contributed by atoms with van der Waals surface area (Å²) in [4.78, 5) is 12.3. The van der Waals surface area contributed by atoms with Crippen LogP contribution in [0.15, 0.2) is 24.3 Å². The Balaban J connectivity index is 2.16. The molecule has 0 saturated heterocycles. The second-order valence-corrected chi connectivity index (χ2v) is 5.42. The van der Waals surface area contributed by atoms with Gasteiger partial charge in [0.1, 0.15) is 0 Å². The highest BCUT2D eigenvalue weighted by Crippen LogP contribution is 2.36. The van der Waals surface area contributed by atoms with Gasteiger partial charge in [0.2, 0.25) is 5.91 Å². The molecule has 0 spiro atoms. The molecule has 0 bridgehead atoms. The number of anilines is 1. The molecule has 2 atom stereocenters. The molecule has 116 valence electrons. The van der Waals surface area contributed by atoms with Crippen LogP contribution in [0, 0.1) is 11.8 Å². The van der Waals surface area contributed by atoms with Gasteiger partial charge < -0.3 is 11.1 Å². The van der Waals surface area contributed by atoms with Crippen LogP contribution in [-0.2, 0) is 11.0 Å². The summed E-state index contributed by atoms with van der Waals surface area (Å²) < 4.78 is 38.7. The van der Waals surface area contributed by atoms with Gasteiger partial charge in [0.25, 0.3) is 0 Å². The summed E-state index contributed by atoms with van der Waals surface area (Å²) in [6.07, 6.45) is -1.01. The third-order valence-electron chi connectivity index (χ3n) is 4.04. The number of hydrogen-bond acceptors (Lipinski definition) is 2. The van der Waals surface area contributed by atoms with Crippen molar-refractivity contribution in [1.29, 1.82) is 0 Å². The van der Waals surface area contributed by atoms with Crippen LogP contribution < -0.4 is 11.1 Å². The van der Waals surface area contributed by atoms with E-state index in [0.29, 0.717) is 13.0 Å². The van der Waals surface area contributed by atoms with Crippen molar-refractivity contribution < 1.29 is 18.0 Å². The molecule has 6 heteroatoms. The van der Waals surface area contributed by atoms with Crippen LogP contribution in [0.5, 0.6) is 0 Å². The minimum absolute atomic E-state index is 0.0526. The first-order chi connectivity index (χ1) is 9.93. The van der Waals surface area contributed by atoms with Gasteiger partial charge in [-0.3, -0.25) is 4.79 Å². The number of amides is 1. The van der Waals surface area contributed by atoms with Crippen molar-refractivity contribution >= 4 is 11.6 Å². The van der Waals surface area contributed by atoms with Gasteiger partial charge in [-0.25, -0.2) is 0 Å². The molecular formula is C15H19F3N2O. The number of carbonyl (C=O) groups is 1. The molecule has 1 aromatic carbocycles. The lowest BCUT2D eigenvalue weighted by molar-refractivity contribution is -0.137. The van der Waals surface area contributed by atoms with Gasteiger partial charge in [-0.2, -0.15) is 13.2 Å². The summed E-state index contributed by atoms with van der Waals surface area (Å²) >= 11 is 0. The lowest BCUT2D eigenvalue weighted by atomic mass is 9.78. The molecule has 1 aliphatic rings. The Kier molecular flexibility index (Phi) is 4.88. The second-order valence-electron chi connectivity index (χ2n) is 5.42. The third kappa shape index (κ3) is 3.75. The number of nitrogens with one attached hydrogen (secondary N) is 1.